The Labute approximate surface area is 181 Å². The van der Waals surface area contributed by atoms with Crippen molar-refractivity contribution in [2.24, 2.45) is 0 Å². The van der Waals surface area contributed by atoms with Gasteiger partial charge in [0, 0.05) is 0 Å². The molecule has 2 aromatic rings. The lowest BCUT2D eigenvalue weighted by Crippen LogP contribution is -2.53. The van der Waals surface area contributed by atoms with Crippen molar-refractivity contribution < 1.29 is 28.3 Å². The Hall–Kier alpha value is -3.07. The van der Waals surface area contributed by atoms with E-state index in [1.165, 1.54) is 12.3 Å². The number of halogens is 1. The van der Waals surface area contributed by atoms with Crippen LogP contribution in [0, 0.1) is 0 Å². The number of nitrogens with zero attached hydrogens (tertiary/aromatic N) is 1. The lowest BCUT2D eigenvalue weighted by molar-refractivity contribution is -0.130. The third-order valence-corrected chi connectivity index (χ3v) is 4.67. The Morgan fingerprint density at radius 2 is 2.03 bits per heavy atom. The van der Waals surface area contributed by atoms with Gasteiger partial charge >= 0.3 is 6.03 Å². The molecular formula is C21H21BrN2O6. The number of ether oxygens (including phenoxy) is 2. The van der Waals surface area contributed by atoms with E-state index in [-0.39, 0.29) is 18.2 Å². The van der Waals surface area contributed by atoms with Crippen LogP contribution in [0.5, 0.6) is 11.5 Å². The van der Waals surface area contributed by atoms with Gasteiger partial charge in [0.2, 0.25) is 0 Å². The van der Waals surface area contributed by atoms with Gasteiger partial charge in [-0.1, -0.05) is 0 Å². The maximum Gasteiger partial charge on any atom is 0.331 e. The van der Waals surface area contributed by atoms with E-state index in [0.29, 0.717) is 33.9 Å². The SMILES string of the molecule is CCOc1cc(/C=C2\C(=O)NC(=O)N(Cc3ccco3)C2=O)cc(Br)c1OC(C)C. The summed E-state index contributed by atoms with van der Waals surface area (Å²) in [6, 6.07) is 5.88. The number of barbiturate groups is 1. The van der Waals surface area contributed by atoms with Crippen LogP contribution in [0.25, 0.3) is 6.08 Å². The first-order valence-corrected chi connectivity index (χ1v) is 10.1. The zero-order valence-electron chi connectivity index (χ0n) is 16.7. The lowest BCUT2D eigenvalue weighted by Gasteiger charge is -2.25. The summed E-state index contributed by atoms with van der Waals surface area (Å²) in [7, 11) is 0. The molecule has 1 aromatic carbocycles. The minimum Gasteiger partial charge on any atom is -0.490 e. The summed E-state index contributed by atoms with van der Waals surface area (Å²) in [5.74, 6) is -0.0551. The molecule has 0 saturated carbocycles. The number of benzene rings is 1. The van der Waals surface area contributed by atoms with Crippen molar-refractivity contribution in [3.63, 3.8) is 0 Å². The minimum atomic E-state index is -0.796. The molecular weight excluding hydrogens is 456 g/mol. The Balaban J connectivity index is 1.96. The fourth-order valence-electron chi connectivity index (χ4n) is 2.85. The molecule has 0 bridgehead atoms. The molecule has 0 atom stereocenters. The Morgan fingerprint density at radius 1 is 1.27 bits per heavy atom. The minimum absolute atomic E-state index is 0.0726. The van der Waals surface area contributed by atoms with Crippen LogP contribution < -0.4 is 14.8 Å². The molecule has 0 unspecified atom stereocenters. The molecule has 0 radical (unpaired) electrons. The summed E-state index contributed by atoms with van der Waals surface area (Å²) >= 11 is 3.46. The van der Waals surface area contributed by atoms with E-state index in [2.05, 4.69) is 21.2 Å². The van der Waals surface area contributed by atoms with Gasteiger partial charge in [-0.2, -0.15) is 0 Å². The third-order valence-electron chi connectivity index (χ3n) is 4.08. The first kappa shape index (κ1) is 21.6. The van der Waals surface area contributed by atoms with Gasteiger partial charge in [-0.05, 0) is 72.6 Å². The second kappa shape index (κ2) is 9.17. The Morgan fingerprint density at radius 3 is 2.67 bits per heavy atom. The van der Waals surface area contributed by atoms with E-state index in [4.69, 9.17) is 13.9 Å². The molecule has 1 aliphatic rings. The van der Waals surface area contributed by atoms with Gasteiger partial charge in [0.05, 0.1) is 30.0 Å². The topological polar surface area (TPSA) is 98.1 Å². The van der Waals surface area contributed by atoms with Crippen molar-refractivity contribution >= 4 is 39.9 Å². The van der Waals surface area contributed by atoms with Crippen LogP contribution in [-0.2, 0) is 16.1 Å². The van der Waals surface area contributed by atoms with Crippen molar-refractivity contribution in [3.05, 3.63) is 51.9 Å². The van der Waals surface area contributed by atoms with Crippen molar-refractivity contribution in [1.29, 1.82) is 0 Å². The molecule has 1 saturated heterocycles. The third kappa shape index (κ3) is 4.73. The first-order chi connectivity index (χ1) is 14.3. The molecule has 3 rings (SSSR count). The quantitative estimate of drug-likeness (QED) is 0.480. The summed E-state index contributed by atoms with van der Waals surface area (Å²) in [6.07, 6.45) is 2.78. The van der Waals surface area contributed by atoms with Gasteiger partial charge < -0.3 is 13.9 Å². The second-order valence-electron chi connectivity index (χ2n) is 6.72. The predicted octanol–water partition coefficient (Wildman–Crippen LogP) is 3.89. The standard InChI is InChI=1S/C21H21BrN2O6/c1-4-28-17-10-13(9-16(22)18(17)30-12(2)3)8-15-19(25)23-21(27)24(20(15)26)11-14-6-5-7-29-14/h5-10,12H,4,11H2,1-3H3,(H,23,25,27)/b15-8+. The van der Waals surface area contributed by atoms with Crippen LogP contribution in [0.15, 0.2) is 45.0 Å². The fourth-order valence-corrected chi connectivity index (χ4v) is 3.40. The van der Waals surface area contributed by atoms with Gasteiger partial charge in [-0.3, -0.25) is 19.8 Å². The number of carbonyl (C=O) groups excluding carboxylic acids is 3. The van der Waals surface area contributed by atoms with Crippen molar-refractivity contribution in [1.82, 2.24) is 10.2 Å². The summed E-state index contributed by atoms with van der Waals surface area (Å²) in [5.41, 5.74) is 0.361. The molecule has 1 N–H and O–H groups in total. The van der Waals surface area contributed by atoms with E-state index in [0.717, 1.165) is 4.90 Å². The number of rotatable bonds is 7. The predicted molar refractivity (Wildman–Crippen MR) is 112 cm³/mol. The summed E-state index contributed by atoms with van der Waals surface area (Å²) in [5, 5.41) is 2.18. The number of imide groups is 2. The van der Waals surface area contributed by atoms with Crippen LogP contribution >= 0.6 is 15.9 Å². The number of carbonyl (C=O) groups is 3. The average Bonchev–Trinajstić information content (AvgIpc) is 3.18. The second-order valence-corrected chi connectivity index (χ2v) is 7.57. The van der Waals surface area contributed by atoms with Gasteiger partial charge in [0.15, 0.2) is 11.5 Å². The summed E-state index contributed by atoms with van der Waals surface area (Å²) < 4.78 is 17.3. The maximum atomic E-state index is 12.9. The highest BCUT2D eigenvalue weighted by Crippen LogP contribution is 2.38. The van der Waals surface area contributed by atoms with Crippen LogP contribution in [-0.4, -0.2) is 35.5 Å². The summed E-state index contributed by atoms with van der Waals surface area (Å²) in [4.78, 5) is 38.2. The molecule has 30 heavy (non-hydrogen) atoms. The van der Waals surface area contributed by atoms with E-state index in [1.807, 2.05) is 20.8 Å². The molecule has 1 fully saturated rings. The highest BCUT2D eigenvalue weighted by atomic mass is 79.9. The monoisotopic (exact) mass is 476 g/mol. The lowest BCUT2D eigenvalue weighted by atomic mass is 10.1. The molecule has 0 aliphatic carbocycles. The number of urea groups is 1. The number of amides is 4. The number of nitrogens with one attached hydrogen (secondary N) is 1. The van der Waals surface area contributed by atoms with E-state index >= 15 is 0 Å². The van der Waals surface area contributed by atoms with Crippen LogP contribution in [0.1, 0.15) is 32.1 Å². The first-order valence-electron chi connectivity index (χ1n) is 9.34. The zero-order chi connectivity index (χ0) is 21.8. The number of hydrogen-bond acceptors (Lipinski definition) is 6. The molecule has 1 aliphatic heterocycles. The molecule has 8 nitrogen and oxygen atoms in total. The molecule has 2 heterocycles. The Kier molecular flexibility index (Phi) is 6.61. The largest absolute Gasteiger partial charge is 0.490 e. The van der Waals surface area contributed by atoms with Crippen molar-refractivity contribution in [3.8, 4) is 11.5 Å². The van der Waals surface area contributed by atoms with E-state index in [9.17, 15) is 14.4 Å². The number of furan rings is 1. The maximum absolute atomic E-state index is 12.9. The van der Waals surface area contributed by atoms with Gasteiger partial charge in [-0.25, -0.2) is 4.79 Å². The fraction of sp³-hybridized carbons (Fsp3) is 0.286. The number of hydrogen-bond donors (Lipinski definition) is 1. The van der Waals surface area contributed by atoms with Crippen LogP contribution in [0.3, 0.4) is 0 Å². The smallest absolute Gasteiger partial charge is 0.331 e. The van der Waals surface area contributed by atoms with E-state index in [1.54, 1.807) is 24.3 Å². The highest BCUT2D eigenvalue weighted by Gasteiger charge is 2.36. The zero-order valence-corrected chi connectivity index (χ0v) is 18.3. The normalized spacial score (nSPS) is 15.7. The van der Waals surface area contributed by atoms with Gasteiger partial charge in [-0.15, -0.1) is 0 Å². The van der Waals surface area contributed by atoms with Gasteiger partial charge in [0.1, 0.15) is 11.3 Å². The Bertz CT molecular complexity index is 997. The van der Waals surface area contributed by atoms with Crippen molar-refractivity contribution in [2.75, 3.05) is 6.61 Å². The average molecular weight is 477 g/mol. The van der Waals surface area contributed by atoms with Crippen LogP contribution in [0.4, 0.5) is 4.79 Å². The summed E-state index contributed by atoms with van der Waals surface area (Å²) in [6.45, 7) is 5.96. The molecule has 4 amide bonds. The molecule has 9 heteroatoms. The molecule has 1 aromatic heterocycles. The highest BCUT2D eigenvalue weighted by molar-refractivity contribution is 9.10. The van der Waals surface area contributed by atoms with Gasteiger partial charge in [0.25, 0.3) is 11.8 Å². The molecule has 0 spiro atoms. The van der Waals surface area contributed by atoms with Crippen molar-refractivity contribution in [2.45, 2.75) is 33.4 Å². The molecule has 158 valence electrons. The van der Waals surface area contributed by atoms with Crippen LogP contribution in [0.2, 0.25) is 0 Å². The van der Waals surface area contributed by atoms with E-state index < -0.39 is 17.8 Å².